The highest BCUT2D eigenvalue weighted by atomic mass is 35.5. The number of rotatable bonds is 4. The van der Waals surface area contributed by atoms with Crippen LogP contribution in [0.4, 0.5) is 8.78 Å². The van der Waals surface area contributed by atoms with Crippen LogP contribution in [0.3, 0.4) is 0 Å². The topological polar surface area (TPSA) is 58.6 Å². The average Bonchev–Trinajstić information content (AvgIpc) is 2.45. The van der Waals surface area contributed by atoms with E-state index < -0.39 is 23.1 Å². The highest BCUT2D eigenvalue weighted by molar-refractivity contribution is 6.30. The van der Waals surface area contributed by atoms with Crippen molar-refractivity contribution in [1.82, 2.24) is 5.32 Å². The summed E-state index contributed by atoms with van der Waals surface area (Å²) < 4.78 is 32.1. The monoisotopic (exact) mass is 305 g/mol. The van der Waals surface area contributed by atoms with E-state index in [4.69, 9.17) is 16.3 Å². The quantitative estimate of drug-likeness (QED) is 0.838. The number of hydrogen-bond donors (Lipinski definition) is 2. The van der Waals surface area contributed by atoms with E-state index in [1.807, 2.05) is 0 Å². The molecule has 1 saturated heterocycles. The Balaban J connectivity index is 2.14. The van der Waals surface area contributed by atoms with Crippen LogP contribution >= 0.6 is 11.6 Å². The molecule has 1 aromatic carbocycles. The minimum absolute atomic E-state index is 0.0408. The fraction of sp³-hybridized carbons (Fsp3) is 0.462. The molecule has 110 valence electrons. The van der Waals surface area contributed by atoms with Crippen LogP contribution in [0.1, 0.15) is 18.4 Å². The lowest BCUT2D eigenvalue weighted by Crippen LogP contribution is -2.55. The van der Waals surface area contributed by atoms with Crippen LogP contribution in [0, 0.1) is 11.6 Å². The second kappa shape index (κ2) is 6.03. The van der Waals surface area contributed by atoms with Crippen LogP contribution < -0.4 is 5.32 Å². The maximum Gasteiger partial charge on any atom is 0.324 e. The number of hydrogen-bond acceptors (Lipinski definition) is 3. The number of carbonyl (C=O) groups is 1. The number of aliphatic carboxylic acids is 1. The van der Waals surface area contributed by atoms with Gasteiger partial charge in [0.1, 0.15) is 5.54 Å². The van der Waals surface area contributed by atoms with Gasteiger partial charge in [0.25, 0.3) is 0 Å². The molecule has 1 heterocycles. The van der Waals surface area contributed by atoms with E-state index in [0.717, 1.165) is 0 Å². The van der Waals surface area contributed by atoms with E-state index in [0.29, 0.717) is 13.2 Å². The van der Waals surface area contributed by atoms with Gasteiger partial charge in [-0.25, -0.2) is 8.78 Å². The Hall–Kier alpha value is -1.24. The lowest BCUT2D eigenvalue weighted by atomic mass is 9.90. The zero-order valence-electron chi connectivity index (χ0n) is 10.6. The van der Waals surface area contributed by atoms with Gasteiger partial charge in [-0.2, -0.15) is 0 Å². The molecule has 7 heteroatoms. The summed E-state index contributed by atoms with van der Waals surface area (Å²) in [5, 5.41) is 11.8. The molecule has 1 fully saturated rings. The zero-order chi connectivity index (χ0) is 14.8. The third kappa shape index (κ3) is 2.92. The molecule has 1 aromatic rings. The van der Waals surface area contributed by atoms with Gasteiger partial charge in [0.15, 0.2) is 11.6 Å². The van der Waals surface area contributed by atoms with Crippen molar-refractivity contribution < 1.29 is 23.4 Å². The maximum atomic E-state index is 13.7. The SMILES string of the molecule is O=C(O)C1(NCc2ccc(Cl)c(F)c2F)CCOCC1. The van der Waals surface area contributed by atoms with Gasteiger partial charge in [0.05, 0.1) is 5.02 Å². The van der Waals surface area contributed by atoms with Crippen molar-refractivity contribution in [3.8, 4) is 0 Å². The van der Waals surface area contributed by atoms with Gasteiger partial charge in [-0.05, 0) is 18.9 Å². The Kier molecular flexibility index (Phi) is 4.57. The maximum absolute atomic E-state index is 13.7. The van der Waals surface area contributed by atoms with Crippen LogP contribution in [-0.4, -0.2) is 29.8 Å². The first-order valence-electron chi connectivity index (χ1n) is 6.15. The number of halogens is 3. The minimum atomic E-state index is -1.17. The van der Waals surface area contributed by atoms with Crippen molar-refractivity contribution in [2.45, 2.75) is 24.9 Å². The van der Waals surface area contributed by atoms with Gasteiger partial charge >= 0.3 is 5.97 Å². The smallest absolute Gasteiger partial charge is 0.324 e. The van der Waals surface area contributed by atoms with Crippen molar-refractivity contribution in [2.24, 2.45) is 0 Å². The number of nitrogens with one attached hydrogen (secondary N) is 1. The van der Waals surface area contributed by atoms with E-state index in [1.54, 1.807) is 0 Å². The van der Waals surface area contributed by atoms with Crippen LogP contribution in [0.2, 0.25) is 5.02 Å². The van der Waals surface area contributed by atoms with Crippen molar-refractivity contribution in [1.29, 1.82) is 0 Å². The predicted octanol–water partition coefficient (Wildman–Crippen LogP) is 2.34. The van der Waals surface area contributed by atoms with Crippen LogP contribution in [0.15, 0.2) is 12.1 Å². The third-order valence-corrected chi connectivity index (χ3v) is 3.78. The fourth-order valence-electron chi connectivity index (χ4n) is 2.15. The molecule has 1 aliphatic heterocycles. The fourth-order valence-corrected chi connectivity index (χ4v) is 2.30. The molecule has 0 bridgehead atoms. The van der Waals surface area contributed by atoms with E-state index in [2.05, 4.69) is 5.32 Å². The molecule has 0 atom stereocenters. The molecule has 2 rings (SSSR count). The Bertz CT molecular complexity index is 519. The minimum Gasteiger partial charge on any atom is -0.480 e. The molecule has 0 radical (unpaired) electrons. The van der Waals surface area contributed by atoms with Gasteiger partial charge in [-0.15, -0.1) is 0 Å². The van der Waals surface area contributed by atoms with Crippen LogP contribution in [0.25, 0.3) is 0 Å². The summed E-state index contributed by atoms with van der Waals surface area (Å²) >= 11 is 5.47. The van der Waals surface area contributed by atoms with E-state index in [1.165, 1.54) is 12.1 Å². The number of ether oxygens (including phenoxy) is 1. The highest BCUT2D eigenvalue weighted by Gasteiger charge is 2.39. The number of carboxylic acids is 1. The van der Waals surface area contributed by atoms with E-state index >= 15 is 0 Å². The van der Waals surface area contributed by atoms with Crippen molar-refractivity contribution in [2.75, 3.05) is 13.2 Å². The van der Waals surface area contributed by atoms with Gasteiger partial charge in [0.2, 0.25) is 0 Å². The molecule has 0 aromatic heterocycles. The molecule has 0 spiro atoms. The van der Waals surface area contributed by atoms with Crippen molar-refractivity contribution >= 4 is 17.6 Å². The summed E-state index contributed by atoms with van der Waals surface area (Å²) in [5.74, 6) is -3.20. The molecular weight excluding hydrogens is 292 g/mol. The Morgan fingerprint density at radius 1 is 1.35 bits per heavy atom. The molecule has 4 nitrogen and oxygen atoms in total. The third-order valence-electron chi connectivity index (χ3n) is 3.49. The van der Waals surface area contributed by atoms with Gasteiger partial charge < -0.3 is 9.84 Å². The van der Waals surface area contributed by atoms with E-state index in [9.17, 15) is 18.7 Å². The lowest BCUT2D eigenvalue weighted by Gasteiger charge is -2.34. The van der Waals surface area contributed by atoms with Gasteiger partial charge in [-0.3, -0.25) is 10.1 Å². The Morgan fingerprint density at radius 2 is 2.00 bits per heavy atom. The summed E-state index contributed by atoms with van der Waals surface area (Å²) in [7, 11) is 0. The summed E-state index contributed by atoms with van der Waals surface area (Å²) in [6, 6.07) is 2.58. The van der Waals surface area contributed by atoms with Crippen LogP contribution in [-0.2, 0) is 16.1 Å². The van der Waals surface area contributed by atoms with Gasteiger partial charge in [-0.1, -0.05) is 17.7 Å². The second-order valence-electron chi connectivity index (χ2n) is 4.69. The second-order valence-corrected chi connectivity index (χ2v) is 5.09. The molecular formula is C13H14ClF2NO3. The first-order valence-corrected chi connectivity index (χ1v) is 6.52. The standard InChI is InChI=1S/C13H14ClF2NO3/c14-9-2-1-8(10(15)11(9)16)7-17-13(12(18)19)3-5-20-6-4-13/h1-2,17H,3-7H2,(H,18,19). The summed E-state index contributed by atoms with van der Waals surface area (Å²) in [4.78, 5) is 11.4. The largest absolute Gasteiger partial charge is 0.480 e. The normalized spacial score (nSPS) is 17.9. The van der Waals surface area contributed by atoms with Gasteiger partial charge in [0, 0.05) is 25.3 Å². The predicted molar refractivity (Wildman–Crippen MR) is 68.6 cm³/mol. The molecule has 0 unspecified atom stereocenters. The first kappa shape index (κ1) is 15.2. The van der Waals surface area contributed by atoms with E-state index in [-0.39, 0.29) is 30.0 Å². The van der Waals surface area contributed by atoms with Crippen molar-refractivity contribution in [3.63, 3.8) is 0 Å². The molecule has 0 amide bonds. The van der Waals surface area contributed by atoms with Crippen LogP contribution in [0.5, 0.6) is 0 Å². The Morgan fingerprint density at radius 3 is 2.60 bits per heavy atom. The molecule has 0 saturated carbocycles. The molecule has 2 N–H and O–H groups in total. The number of carboxylic acid groups (broad SMARTS) is 1. The molecule has 20 heavy (non-hydrogen) atoms. The summed E-state index contributed by atoms with van der Waals surface area (Å²) in [6.07, 6.45) is 0.556. The molecule has 0 aliphatic carbocycles. The van der Waals surface area contributed by atoms with Crippen molar-refractivity contribution in [3.05, 3.63) is 34.4 Å². The zero-order valence-corrected chi connectivity index (χ0v) is 11.3. The molecule has 1 aliphatic rings. The highest BCUT2D eigenvalue weighted by Crippen LogP contribution is 2.24. The average molecular weight is 306 g/mol. The summed E-state index contributed by atoms with van der Waals surface area (Å²) in [5.41, 5.74) is -1.13. The summed E-state index contributed by atoms with van der Waals surface area (Å²) in [6.45, 7) is 0.541. The Labute approximate surface area is 119 Å². The number of benzene rings is 1. The lowest BCUT2D eigenvalue weighted by molar-refractivity contribution is -0.149. The first-order chi connectivity index (χ1) is 9.46.